The third-order valence-corrected chi connectivity index (χ3v) is 12.6. The third-order valence-electron chi connectivity index (χ3n) is 10.2. The summed E-state index contributed by atoms with van der Waals surface area (Å²) in [6.07, 6.45) is 4.94. The van der Waals surface area contributed by atoms with E-state index >= 15 is 0 Å². The van der Waals surface area contributed by atoms with Crippen LogP contribution in [0.2, 0.25) is 0 Å². The molecule has 7 aromatic carbocycles. The van der Waals surface area contributed by atoms with Gasteiger partial charge in [0.25, 0.3) is 0 Å². The maximum atomic E-state index is 6.53. The Bertz CT molecular complexity index is 3270. The Morgan fingerprint density at radius 1 is 0.455 bits per heavy atom. The molecule has 0 atom stereocenters. The zero-order valence-electron chi connectivity index (χ0n) is 29.7. The molecule has 0 saturated heterocycles. The number of hydrogen-bond donors (Lipinski definition) is 0. The first-order valence-corrected chi connectivity index (χ1v) is 19.7. The summed E-state index contributed by atoms with van der Waals surface area (Å²) in [6, 6.07) is 54.4. The summed E-state index contributed by atoms with van der Waals surface area (Å²) in [5, 5.41) is 6.19. The highest BCUT2D eigenvalue weighted by atomic mass is 32.1. The summed E-state index contributed by atoms with van der Waals surface area (Å²) in [5.41, 5.74) is 11.2. The highest BCUT2D eigenvalue weighted by Gasteiger charge is 2.18. The molecule has 0 amide bonds. The van der Waals surface area contributed by atoms with E-state index in [9.17, 15) is 0 Å². The number of furan rings is 1. The van der Waals surface area contributed by atoms with E-state index in [2.05, 4.69) is 165 Å². The normalized spacial score (nSPS) is 11.4. The van der Waals surface area contributed by atoms with E-state index in [0.717, 1.165) is 44.4 Å². The van der Waals surface area contributed by atoms with Crippen molar-refractivity contribution < 1.29 is 4.42 Å². The molecule has 0 aliphatic rings. The van der Waals surface area contributed by atoms with E-state index in [4.69, 9.17) is 14.4 Å². The Kier molecular flexibility index (Phi) is 8.17. The van der Waals surface area contributed by atoms with Crippen LogP contribution in [0.5, 0.6) is 0 Å². The van der Waals surface area contributed by atoms with Gasteiger partial charge in [0.05, 0.1) is 0 Å². The largest absolute Gasteiger partial charge is 0.452 e. The smallest absolute Gasteiger partial charge is 0.180 e. The van der Waals surface area contributed by atoms with Crippen molar-refractivity contribution in [2.75, 3.05) is 0 Å². The molecule has 3 nitrogen and oxygen atoms in total. The summed E-state index contributed by atoms with van der Waals surface area (Å²) >= 11 is 3.71. The highest BCUT2D eigenvalue weighted by Crippen LogP contribution is 2.43. The maximum Gasteiger partial charge on any atom is 0.180 e. The number of hydrogen-bond acceptors (Lipinski definition) is 5. The number of rotatable bonds is 5. The van der Waals surface area contributed by atoms with Crippen molar-refractivity contribution in [3.63, 3.8) is 0 Å². The SMILES string of the molecule is C=CC=C.c1cc(-c2ccc3oc4c(-c5cccc(-c6cccc7c6sc6ccccc67)c5)ncnc4c3c2)cc(-c2cccc3c2sc2ccccc23)c1. The first-order chi connectivity index (χ1) is 27.2. The van der Waals surface area contributed by atoms with Gasteiger partial charge >= 0.3 is 0 Å². The summed E-state index contributed by atoms with van der Waals surface area (Å²) < 4.78 is 11.8. The van der Waals surface area contributed by atoms with Crippen LogP contribution in [0.1, 0.15) is 0 Å². The zero-order chi connectivity index (χ0) is 36.9. The molecule has 0 unspecified atom stereocenters. The van der Waals surface area contributed by atoms with Crippen LogP contribution in [-0.2, 0) is 0 Å². The maximum absolute atomic E-state index is 6.53. The summed E-state index contributed by atoms with van der Waals surface area (Å²) in [7, 11) is 0. The minimum absolute atomic E-state index is 0.701. The van der Waals surface area contributed by atoms with E-state index in [1.165, 1.54) is 57.0 Å². The lowest BCUT2D eigenvalue weighted by Crippen LogP contribution is -1.88. The lowest BCUT2D eigenvalue weighted by Gasteiger charge is -2.08. The van der Waals surface area contributed by atoms with Crippen molar-refractivity contribution in [1.29, 1.82) is 0 Å². The van der Waals surface area contributed by atoms with Gasteiger partial charge in [0.2, 0.25) is 0 Å². The number of allylic oxidation sites excluding steroid dienone is 2. The fourth-order valence-corrected chi connectivity index (χ4v) is 10.1. The van der Waals surface area contributed by atoms with E-state index in [-0.39, 0.29) is 0 Å². The molecule has 0 N–H and O–H groups in total. The molecule has 0 saturated carbocycles. The second-order valence-electron chi connectivity index (χ2n) is 13.4. The Hall–Kier alpha value is -6.66. The number of aromatic nitrogens is 2. The standard InChI is InChI=1S/C46H26N2OS2.C4H6/c1-3-19-40-34(13-1)36-17-7-15-32(45(36)50-40)29-10-5-9-27(23-29)28-21-22-39-38(25-28)43-44(49-39)42(47-26-48-43)31-12-6-11-30(24-31)33-16-8-18-37-35-14-2-4-20-41(35)51-46(33)37;1-3-4-2/h1-26H;3-4H,1-2H2. The molecule has 0 bridgehead atoms. The molecule has 0 fully saturated rings. The summed E-state index contributed by atoms with van der Waals surface area (Å²) in [6.45, 7) is 6.72. The second kappa shape index (κ2) is 13.6. The molecule has 5 heteroatoms. The molecule has 4 aromatic heterocycles. The Morgan fingerprint density at radius 3 is 1.62 bits per heavy atom. The molecule has 0 spiro atoms. The molecule has 0 radical (unpaired) electrons. The monoisotopic (exact) mass is 740 g/mol. The Balaban J connectivity index is 0.000000891. The van der Waals surface area contributed by atoms with Crippen molar-refractivity contribution in [3.8, 4) is 44.6 Å². The predicted molar refractivity (Wildman–Crippen MR) is 237 cm³/mol. The van der Waals surface area contributed by atoms with Crippen molar-refractivity contribution in [2.45, 2.75) is 0 Å². The first kappa shape index (κ1) is 32.9. The van der Waals surface area contributed by atoms with Gasteiger partial charge in [0, 0.05) is 51.3 Å². The van der Waals surface area contributed by atoms with Crippen molar-refractivity contribution in [1.82, 2.24) is 9.97 Å². The van der Waals surface area contributed by atoms with Crippen LogP contribution in [0, 0.1) is 0 Å². The van der Waals surface area contributed by atoms with Crippen molar-refractivity contribution >= 4 is 85.1 Å². The van der Waals surface area contributed by atoms with Crippen LogP contribution in [0.3, 0.4) is 0 Å². The molecule has 260 valence electrons. The van der Waals surface area contributed by atoms with Gasteiger partial charge in [-0.25, -0.2) is 9.97 Å². The van der Waals surface area contributed by atoms with E-state index in [0.29, 0.717) is 5.58 Å². The lowest BCUT2D eigenvalue weighted by molar-refractivity contribution is 0.667. The molecule has 0 aliphatic carbocycles. The number of thiophene rings is 2. The van der Waals surface area contributed by atoms with Gasteiger partial charge in [0.1, 0.15) is 23.1 Å². The molecule has 11 aromatic rings. The molecular weight excluding hydrogens is 709 g/mol. The van der Waals surface area contributed by atoms with E-state index in [1.54, 1.807) is 18.5 Å². The van der Waals surface area contributed by atoms with E-state index < -0.39 is 0 Å². The number of fused-ring (bicyclic) bond motifs is 9. The van der Waals surface area contributed by atoms with Gasteiger partial charge in [-0.15, -0.1) is 22.7 Å². The lowest BCUT2D eigenvalue weighted by atomic mass is 9.97. The number of nitrogens with zero attached hydrogens (tertiary/aromatic N) is 2. The first-order valence-electron chi connectivity index (χ1n) is 18.1. The zero-order valence-corrected chi connectivity index (χ0v) is 31.3. The van der Waals surface area contributed by atoms with Gasteiger partial charge in [0.15, 0.2) is 5.58 Å². The number of benzene rings is 7. The summed E-state index contributed by atoms with van der Waals surface area (Å²) in [5.74, 6) is 0. The van der Waals surface area contributed by atoms with Crippen LogP contribution in [0.25, 0.3) is 107 Å². The molecule has 11 rings (SSSR count). The summed E-state index contributed by atoms with van der Waals surface area (Å²) in [4.78, 5) is 9.52. The Labute approximate surface area is 325 Å². The van der Waals surface area contributed by atoms with Crippen molar-refractivity contribution in [3.05, 3.63) is 183 Å². The van der Waals surface area contributed by atoms with Crippen LogP contribution in [0.15, 0.2) is 188 Å². The molecule has 55 heavy (non-hydrogen) atoms. The van der Waals surface area contributed by atoms with Crippen molar-refractivity contribution in [2.24, 2.45) is 0 Å². The molecular formula is C50H32N2OS2. The van der Waals surface area contributed by atoms with Gasteiger partial charge in [-0.05, 0) is 69.8 Å². The van der Waals surface area contributed by atoms with Gasteiger partial charge in [-0.1, -0.05) is 141 Å². The quantitative estimate of drug-likeness (QED) is 0.165. The fourth-order valence-electron chi connectivity index (χ4n) is 7.61. The average Bonchev–Trinajstić information content (AvgIpc) is 3.95. The van der Waals surface area contributed by atoms with Crippen LogP contribution in [-0.4, -0.2) is 9.97 Å². The topological polar surface area (TPSA) is 38.9 Å². The average molecular weight is 741 g/mol. The van der Waals surface area contributed by atoms with Gasteiger partial charge < -0.3 is 4.42 Å². The fraction of sp³-hybridized carbons (Fsp3) is 0. The second-order valence-corrected chi connectivity index (χ2v) is 15.5. The molecule has 4 heterocycles. The highest BCUT2D eigenvalue weighted by molar-refractivity contribution is 7.26. The predicted octanol–water partition coefficient (Wildman–Crippen LogP) is 15.1. The van der Waals surface area contributed by atoms with Crippen LogP contribution >= 0.6 is 22.7 Å². The van der Waals surface area contributed by atoms with Gasteiger partial charge in [-0.2, -0.15) is 0 Å². The van der Waals surface area contributed by atoms with Gasteiger partial charge in [-0.3, -0.25) is 0 Å². The Morgan fingerprint density at radius 2 is 0.982 bits per heavy atom. The van der Waals surface area contributed by atoms with Crippen LogP contribution < -0.4 is 0 Å². The third kappa shape index (κ3) is 5.64. The van der Waals surface area contributed by atoms with E-state index in [1.807, 2.05) is 22.7 Å². The molecule has 0 aliphatic heterocycles. The minimum atomic E-state index is 0.701. The van der Waals surface area contributed by atoms with Crippen LogP contribution in [0.4, 0.5) is 0 Å². The minimum Gasteiger partial charge on any atom is -0.452 e.